The largest absolute Gasteiger partial charge is 0.416 e. The maximum atomic E-state index is 13.0. The van der Waals surface area contributed by atoms with Crippen LogP contribution in [0.15, 0.2) is 42.5 Å². The first-order valence-electron chi connectivity index (χ1n) is 8.35. The van der Waals surface area contributed by atoms with Gasteiger partial charge in [-0.2, -0.15) is 13.2 Å². The van der Waals surface area contributed by atoms with E-state index in [1.54, 1.807) is 18.2 Å². The van der Waals surface area contributed by atoms with Gasteiger partial charge in [0.15, 0.2) is 0 Å². The molecule has 1 atom stereocenters. The van der Waals surface area contributed by atoms with Gasteiger partial charge in [0, 0.05) is 5.69 Å². The highest BCUT2D eigenvalue weighted by Crippen LogP contribution is 2.33. The summed E-state index contributed by atoms with van der Waals surface area (Å²) in [6.45, 7) is 5.08. The average molecular weight is 414 g/mol. The second-order valence-electron chi connectivity index (χ2n) is 6.57. The van der Waals surface area contributed by atoms with Gasteiger partial charge in [0.1, 0.15) is 6.04 Å². The third kappa shape index (κ3) is 5.03. The average Bonchev–Trinajstić information content (AvgIpc) is 2.56. The van der Waals surface area contributed by atoms with Gasteiger partial charge in [-0.15, -0.1) is 0 Å². The number of halogens is 3. The van der Waals surface area contributed by atoms with Gasteiger partial charge < -0.3 is 5.32 Å². The van der Waals surface area contributed by atoms with Crippen molar-refractivity contribution in [2.75, 3.05) is 15.9 Å². The second-order valence-corrected chi connectivity index (χ2v) is 8.43. The molecular weight excluding hydrogens is 393 g/mol. The van der Waals surface area contributed by atoms with Crippen molar-refractivity contribution >= 4 is 27.3 Å². The van der Waals surface area contributed by atoms with Gasteiger partial charge in [0.25, 0.3) is 0 Å². The van der Waals surface area contributed by atoms with E-state index in [1.807, 2.05) is 13.8 Å². The minimum absolute atomic E-state index is 0.236. The SMILES string of the molecule is Cc1ccc(NC(=O)[C@H](C)N(c2cccc(C(F)(F)F)c2)S(C)(=O)=O)cc1C. The molecule has 1 amide bonds. The highest BCUT2D eigenvalue weighted by atomic mass is 32.2. The fourth-order valence-corrected chi connectivity index (χ4v) is 3.86. The van der Waals surface area contributed by atoms with E-state index < -0.39 is 33.7 Å². The number of sulfonamides is 1. The molecule has 9 heteroatoms. The number of nitrogens with zero attached hydrogens (tertiary/aromatic N) is 1. The number of aryl methyl sites for hydroxylation is 2. The Morgan fingerprint density at radius 2 is 1.71 bits per heavy atom. The first kappa shape index (κ1) is 21.7. The lowest BCUT2D eigenvalue weighted by molar-refractivity contribution is -0.137. The van der Waals surface area contributed by atoms with Crippen LogP contribution in [0.1, 0.15) is 23.6 Å². The van der Waals surface area contributed by atoms with Crippen molar-refractivity contribution in [2.45, 2.75) is 33.0 Å². The Labute approximate surface area is 162 Å². The molecule has 0 saturated heterocycles. The fourth-order valence-electron chi connectivity index (χ4n) is 2.69. The molecule has 28 heavy (non-hydrogen) atoms. The predicted octanol–water partition coefficient (Wildman–Crippen LogP) is 4.12. The molecule has 0 radical (unpaired) electrons. The van der Waals surface area contributed by atoms with Crippen molar-refractivity contribution in [3.05, 3.63) is 59.2 Å². The number of nitrogens with one attached hydrogen (secondary N) is 1. The van der Waals surface area contributed by atoms with E-state index in [9.17, 15) is 26.4 Å². The number of carbonyl (C=O) groups excluding carboxylic acids is 1. The summed E-state index contributed by atoms with van der Waals surface area (Å²) in [4.78, 5) is 12.6. The van der Waals surface area contributed by atoms with E-state index in [-0.39, 0.29) is 5.69 Å². The molecule has 2 aromatic rings. The Balaban J connectivity index is 2.38. The summed E-state index contributed by atoms with van der Waals surface area (Å²) >= 11 is 0. The van der Waals surface area contributed by atoms with Crippen LogP contribution >= 0.6 is 0 Å². The lowest BCUT2D eigenvalue weighted by Crippen LogP contribution is -2.45. The lowest BCUT2D eigenvalue weighted by atomic mass is 10.1. The number of alkyl halides is 3. The van der Waals surface area contributed by atoms with Crippen molar-refractivity contribution in [3.63, 3.8) is 0 Å². The van der Waals surface area contributed by atoms with Gasteiger partial charge in [-0.25, -0.2) is 8.42 Å². The molecule has 0 fully saturated rings. The summed E-state index contributed by atoms with van der Waals surface area (Å²) < 4.78 is 64.2. The van der Waals surface area contributed by atoms with Crippen molar-refractivity contribution in [3.8, 4) is 0 Å². The summed E-state index contributed by atoms with van der Waals surface area (Å²) in [5.41, 5.74) is 1.19. The Morgan fingerprint density at radius 3 is 2.25 bits per heavy atom. The standard InChI is InChI=1S/C19H21F3N2O3S/c1-12-8-9-16(10-13(12)2)23-18(25)14(3)24(28(4,26)27)17-7-5-6-15(11-17)19(20,21)22/h5-11,14H,1-4H3,(H,23,25)/t14-/m0/s1. The molecule has 0 unspecified atom stereocenters. The zero-order valence-corrected chi connectivity index (χ0v) is 16.6. The molecule has 152 valence electrons. The molecule has 0 spiro atoms. The van der Waals surface area contributed by atoms with Crippen LogP contribution in [0.3, 0.4) is 0 Å². The number of anilines is 2. The number of rotatable bonds is 5. The fraction of sp³-hybridized carbons (Fsp3) is 0.316. The minimum Gasteiger partial charge on any atom is -0.324 e. The van der Waals surface area contributed by atoms with Crippen LogP contribution in [0.5, 0.6) is 0 Å². The van der Waals surface area contributed by atoms with E-state index >= 15 is 0 Å². The first-order chi connectivity index (χ1) is 12.8. The van der Waals surface area contributed by atoms with Gasteiger partial charge in [-0.1, -0.05) is 12.1 Å². The van der Waals surface area contributed by atoms with Crippen molar-refractivity contribution in [1.29, 1.82) is 0 Å². The maximum absolute atomic E-state index is 13.0. The Hall–Kier alpha value is -2.55. The quantitative estimate of drug-likeness (QED) is 0.801. The molecule has 0 saturated carbocycles. The Bertz CT molecular complexity index is 988. The van der Waals surface area contributed by atoms with Gasteiger partial charge in [-0.3, -0.25) is 9.10 Å². The molecule has 0 aliphatic rings. The van der Waals surface area contributed by atoms with Gasteiger partial charge >= 0.3 is 6.18 Å². The summed E-state index contributed by atoms with van der Waals surface area (Å²) in [5, 5.41) is 2.61. The molecule has 2 aromatic carbocycles. The lowest BCUT2D eigenvalue weighted by Gasteiger charge is -2.28. The third-order valence-corrected chi connectivity index (χ3v) is 5.53. The summed E-state index contributed by atoms with van der Waals surface area (Å²) in [7, 11) is -4.03. The zero-order chi connectivity index (χ0) is 21.3. The van der Waals surface area contributed by atoms with Crippen LogP contribution in [-0.2, 0) is 21.0 Å². The van der Waals surface area contributed by atoms with Crippen LogP contribution in [0.2, 0.25) is 0 Å². The maximum Gasteiger partial charge on any atom is 0.416 e. The number of hydrogen-bond donors (Lipinski definition) is 1. The van der Waals surface area contributed by atoms with Crippen LogP contribution in [0.4, 0.5) is 24.5 Å². The van der Waals surface area contributed by atoms with Gasteiger partial charge in [-0.05, 0) is 62.2 Å². The van der Waals surface area contributed by atoms with Gasteiger partial charge in [0.2, 0.25) is 15.9 Å². The molecule has 2 rings (SSSR count). The normalized spacial score (nSPS) is 13.1. The molecule has 0 heterocycles. The molecule has 1 N–H and O–H groups in total. The topological polar surface area (TPSA) is 66.5 Å². The Morgan fingerprint density at radius 1 is 1.07 bits per heavy atom. The zero-order valence-electron chi connectivity index (χ0n) is 15.8. The van der Waals surface area contributed by atoms with Gasteiger partial charge in [0.05, 0.1) is 17.5 Å². The third-order valence-electron chi connectivity index (χ3n) is 4.29. The smallest absolute Gasteiger partial charge is 0.324 e. The van der Waals surface area contributed by atoms with E-state index in [0.717, 1.165) is 29.5 Å². The number of amides is 1. The minimum atomic E-state index is -4.63. The van der Waals surface area contributed by atoms with E-state index in [1.165, 1.54) is 13.0 Å². The summed E-state index contributed by atoms with van der Waals surface area (Å²) in [6.07, 6.45) is -3.79. The number of hydrogen-bond acceptors (Lipinski definition) is 3. The second kappa shape index (κ2) is 7.83. The molecule has 0 aliphatic heterocycles. The van der Waals surface area contributed by atoms with Crippen LogP contribution in [-0.4, -0.2) is 26.6 Å². The van der Waals surface area contributed by atoms with Crippen molar-refractivity contribution < 1.29 is 26.4 Å². The molecule has 0 aliphatic carbocycles. The monoisotopic (exact) mass is 414 g/mol. The molecule has 0 bridgehead atoms. The highest BCUT2D eigenvalue weighted by Gasteiger charge is 2.34. The van der Waals surface area contributed by atoms with Crippen LogP contribution in [0.25, 0.3) is 0 Å². The predicted molar refractivity (Wildman–Crippen MR) is 103 cm³/mol. The van der Waals surface area contributed by atoms with Crippen LogP contribution in [0, 0.1) is 13.8 Å². The highest BCUT2D eigenvalue weighted by molar-refractivity contribution is 7.92. The van der Waals surface area contributed by atoms with E-state index in [0.29, 0.717) is 16.1 Å². The number of benzene rings is 2. The molecular formula is C19H21F3N2O3S. The van der Waals surface area contributed by atoms with Crippen LogP contribution < -0.4 is 9.62 Å². The van der Waals surface area contributed by atoms with Crippen molar-refractivity contribution in [1.82, 2.24) is 0 Å². The van der Waals surface area contributed by atoms with Crippen molar-refractivity contribution in [2.24, 2.45) is 0 Å². The molecule has 5 nitrogen and oxygen atoms in total. The number of carbonyl (C=O) groups is 1. The van der Waals surface area contributed by atoms with E-state index in [2.05, 4.69) is 5.32 Å². The molecule has 0 aromatic heterocycles. The summed E-state index contributed by atoms with van der Waals surface area (Å²) in [6, 6.07) is 7.80. The first-order valence-corrected chi connectivity index (χ1v) is 10.2. The Kier molecular flexibility index (Phi) is 6.08. The summed E-state index contributed by atoms with van der Waals surface area (Å²) in [5.74, 6) is -0.661. The van der Waals surface area contributed by atoms with E-state index in [4.69, 9.17) is 0 Å².